The molecule has 0 aromatic carbocycles. The number of hydrogen-bond donors (Lipinski definition) is 2. The van der Waals surface area contributed by atoms with Crippen molar-refractivity contribution >= 4 is 23.0 Å². The second-order valence-electron chi connectivity index (χ2n) is 6.21. The molecule has 0 aliphatic carbocycles. The fourth-order valence-electron chi connectivity index (χ4n) is 3.08. The van der Waals surface area contributed by atoms with Crippen molar-refractivity contribution in [1.82, 2.24) is 20.1 Å². The van der Waals surface area contributed by atoms with Gasteiger partial charge in [-0.1, -0.05) is 5.16 Å². The molecule has 0 radical (unpaired) electrons. The highest BCUT2D eigenvalue weighted by molar-refractivity contribution is 5.78. The van der Waals surface area contributed by atoms with E-state index in [0.29, 0.717) is 17.7 Å². The minimum absolute atomic E-state index is 0.242. The summed E-state index contributed by atoms with van der Waals surface area (Å²) in [6.07, 6.45) is 6.88. The van der Waals surface area contributed by atoms with Gasteiger partial charge in [0.2, 0.25) is 0 Å². The Balaban J connectivity index is 1.61. The lowest BCUT2D eigenvalue weighted by atomic mass is 10.2. The van der Waals surface area contributed by atoms with Gasteiger partial charge in [-0.2, -0.15) is 0 Å². The van der Waals surface area contributed by atoms with Gasteiger partial charge in [-0.05, 0) is 26.8 Å². The van der Waals surface area contributed by atoms with E-state index in [1.54, 1.807) is 18.5 Å². The Hall–Kier alpha value is -3.16. The summed E-state index contributed by atoms with van der Waals surface area (Å²) in [5, 5.41) is 10.4. The van der Waals surface area contributed by atoms with E-state index in [9.17, 15) is 0 Å². The Kier molecular flexibility index (Phi) is 3.72. The van der Waals surface area contributed by atoms with Crippen molar-refractivity contribution in [3.63, 3.8) is 0 Å². The maximum absolute atomic E-state index is 4.85. The molecule has 1 atom stereocenters. The van der Waals surface area contributed by atoms with Crippen molar-refractivity contribution < 1.29 is 4.52 Å². The minimum Gasteiger partial charge on any atom is -0.364 e. The van der Waals surface area contributed by atoms with Gasteiger partial charge in [0, 0.05) is 18.3 Å². The highest BCUT2D eigenvalue weighted by Crippen LogP contribution is 2.37. The van der Waals surface area contributed by atoms with Crippen LogP contribution in [0.5, 0.6) is 0 Å². The fraction of sp³-hybridized carbons (Fsp3) is 0.294. The largest absolute Gasteiger partial charge is 0.364 e. The number of hydrogen-bond acceptors (Lipinski definition) is 8. The Morgan fingerprint density at radius 3 is 2.88 bits per heavy atom. The summed E-state index contributed by atoms with van der Waals surface area (Å²) in [4.78, 5) is 15.5. The summed E-state index contributed by atoms with van der Waals surface area (Å²) < 4.78 is 4.85. The first-order valence-corrected chi connectivity index (χ1v) is 8.16. The molecule has 0 fully saturated rings. The molecule has 1 aliphatic heterocycles. The monoisotopic (exact) mass is 337 g/mol. The van der Waals surface area contributed by atoms with E-state index in [2.05, 4.69) is 56.4 Å². The van der Waals surface area contributed by atoms with Crippen LogP contribution >= 0.6 is 0 Å². The van der Waals surface area contributed by atoms with Gasteiger partial charge >= 0.3 is 0 Å². The minimum atomic E-state index is 0.242. The molecule has 0 saturated heterocycles. The van der Waals surface area contributed by atoms with Crippen molar-refractivity contribution in [3.05, 3.63) is 37.0 Å². The lowest BCUT2D eigenvalue weighted by molar-refractivity contribution is 0.420. The summed E-state index contributed by atoms with van der Waals surface area (Å²) in [6, 6.07) is 4.22. The van der Waals surface area contributed by atoms with Gasteiger partial charge in [-0.25, -0.2) is 15.0 Å². The molecule has 1 aliphatic rings. The second kappa shape index (κ2) is 6.04. The van der Waals surface area contributed by atoms with Gasteiger partial charge in [-0.15, -0.1) is 0 Å². The van der Waals surface area contributed by atoms with Crippen LogP contribution in [-0.2, 0) is 0 Å². The number of fused-ring (bicyclic) bond motifs is 1. The van der Waals surface area contributed by atoms with E-state index in [-0.39, 0.29) is 6.17 Å². The standard InChI is InChI=1S/C17H19N7O/c1-10(2)24-11(3)21-13-8-19-16(6-14(13)24)22-15-4-5-18-17(23-15)12-7-20-25-9-12/h4-11,21H,1-3H3,(H,18,19,22,23). The molecule has 0 saturated carbocycles. The number of anilines is 4. The normalized spacial score (nSPS) is 16.0. The maximum atomic E-state index is 4.85. The number of rotatable bonds is 4. The Labute approximate surface area is 145 Å². The van der Waals surface area contributed by atoms with Crippen LogP contribution in [-0.4, -0.2) is 32.3 Å². The maximum Gasteiger partial charge on any atom is 0.166 e. The number of aromatic nitrogens is 4. The third-order valence-corrected chi connectivity index (χ3v) is 4.10. The Morgan fingerprint density at radius 1 is 1.24 bits per heavy atom. The van der Waals surface area contributed by atoms with Gasteiger partial charge in [-0.3, -0.25) is 0 Å². The second-order valence-corrected chi connectivity index (χ2v) is 6.21. The highest BCUT2D eigenvalue weighted by Gasteiger charge is 2.27. The smallest absolute Gasteiger partial charge is 0.166 e. The van der Waals surface area contributed by atoms with Crippen molar-refractivity contribution in [1.29, 1.82) is 0 Å². The fourth-order valence-corrected chi connectivity index (χ4v) is 3.08. The van der Waals surface area contributed by atoms with E-state index in [0.717, 1.165) is 22.8 Å². The predicted octanol–water partition coefficient (Wildman–Crippen LogP) is 3.26. The molecule has 25 heavy (non-hydrogen) atoms. The van der Waals surface area contributed by atoms with Crippen molar-refractivity contribution in [3.8, 4) is 11.4 Å². The van der Waals surface area contributed by atoms with E-state index in [4.69, 9.17) is 4.52 Å². The lowest BCUT2D eigenvalue weighted by Crippen LogP contribution is -2.38. The topological polar surface area (TPSA) is 92.0 Å². The summed E-state index contributed by atoms with van der Waals surface area (Å²) in [6.45, 7) is 6.50. The molecule has 4 rings (SSSR count). The average molecular weight is 337 g/mol. The van der Waals surface area contributed by atoms with Crippen LogP contribution in [0.2, 0.25) is 0 Å². The first-order valence-electron chi connectivity index (χ1n) is 8.16. The third kappa shape index (κ3) is 2.86. The third-order valence-electron chi connectivity index (χ3n) is 4.10. The molecule has 4 heterocycles. The molecule has 8 nitrogen and oxygen atoms in total. The molecule has 1 unspecified atom stereocenters. The summed E-state index contributed by atoms with van der Waals surface area (Å²) >= 11 is 0. The molecule has 8 heteroatoms. The van der Waals surface area contributed by atoms with Gasteiger partial charge < -0.3 is 20.1 Å². The van der Waals surface area contributed by atoms with Crippen molar-refractivity contribution in [2.24, 2.45) is 0 Å². The van der Waals surface area contributed by atoms with Gasteiger partial charge in [0.1, 0.15) is 17.9 Å². The van der Waals surface area contributed by atoms with Crippen LogP contribution < -0.4 is 15.5 Å². The van der Waals surface area contributed by atoms with Crippen molar-refractivity contribution in [2.75, 3.05) is 15.5 Å². The highest BCUT2D eigenvalue weighted by atomic mass is 16.5. The number of nitrogens with one attached hydrogen (secondary N) is 2. The quantitative estimate of drug-likeness (QED) is 0.749. The van der Waals surface area contributed by atoms with Crippen molar-refractivity contribution in [2.45, 2.75) is 33.0 Å². The molecule has 128 valence electrons. The molecule has 0 bridgehead atoms. The SMILES string of the molecule is CC(C)N1c2cc(Nc3ccnc(-c4cnoc4)n3)ncc2NC1C. The average Bonchev–Trinajstić information content (AvgIpc) is 3.21. The molecule has 3 aromatic rings. The zero-order valence-electron chi connectivity index (χ0n) is 14.3. The molecule has 2 N–H and O–H groups in total. The first kappa shape index (κ1) is 15.4. The summed E-state index contributed by atoms with van der Waals surface area (Å²) in [5.74, 6) is 1.94. The molecule has 0 amide bonds. The molecular weight excluding hydrogens is 318 g/mol. The van der Waals surface area contributed by atoms with E-state index in [1.807, 2.05) is 12.3 Å². The van der Waals surface area contributed by atoms with Gasteiger partial charge in [0.25, 0.3) is 0 Å². The Morgan fingerprint density at radius 2 is 2.12 bits per heavy atom. The van der Waals surface area contributed by atoms with Crippen LogP contribution in [0.25, 0.3) is 11.4 Å². The number of pyridine rings is 1. The van der Waals surface area contributed by atoms with E-state index >= 15 is 0 Å². The zero-order chi connectivity index (χ0) is 17.4. The van der Waals surface area contributed by atoms with E-state index < -0.39 is 0 Å². The van der Waals surface area contributed by atoms with Crippen LogP contribution in [0.1, 0.15) is 20.8 Å². The van der Waals surface area contributed by atoms with E-state index in [1.165, 1.54) is 6.26 Å². The first-order chi connectivity index (χ1) is 12.1. The van der Waals surface area contributed by atoms with Crippen LogP contribution in [0.3, 0.4) is 0 Å². The molecular formula is C17H19N7O. The van der Waals surface area contributed by atoms with Crippen LogP contribution in [0.15, 0.2) is 41.5 Å². The van der Waals surface area contributed by atoms with Crippen LogP contribution in [0, 0.1) is 0 Å². The predicted molar refractivity (Wildman–Crippen MR) is 95.7 cm³/mol. The lowest BCUT2D eigenvalue weighted by Gasteiger charge is -2.28. The zero-order valence-corrected chi connectivity index (χ0v) is 14.3. The number of nitrogens with zero attached hydrogens (tertiary/aromatic N) is 5. The molecule has 0 spiro atoms. The Bertz CT molecular complexity index is 878. The molecule has 3 aromatic heterocycles. The van der Waals surface area contributed by atoms with Gasteiger partial charge in [0.15, 0.2) is 5.82 Å². The summed E-state index contributed by atoms with van der Waals surface area (Å²) in [7, 11) is 0. The van der Waals surface area contributed by atoms with Gasteiger partial charge in [0.05, 0.1) is 35.5 Å². The van der Waals surface area contributed by atoms with Crippen LogP contribution in [0.4, 0.5) is 23.0 Å². The summed E-state index contributed by atoms with van der Waals surface area (Å²) in [5.41, 5.74) is 2.91.